The van der Waals surface area contributed by atoms with Gasteiger partial charge in [0.15, 0.2) is 5.16 Å². The van der Waals surface area contributed by atoms with Gasteiger partial charge in [0.1, 0.15) is 29.2 Å². The number of nitro groups is 1. The van der Waals surface area contributed by atoms with Crippen LogP contribution < -0.4 is 9.47 Å². The van der Waals surface area contributed by atoms with Crippen molar-refractivity contribution in [2.75, 3.05) is 13.2 Å². The molecule has 0 aliphatic heterocycles. The van der Waals surface area contributed by atoms with Gasteiger partial charge in [-0.2, -0.15) is 0 Å². The van der Waals surface area contributed by atoms with Gasteiger partial charge in [-0.3, -0.25) is 14.7 Å². The van der Waals surface area contributed by atoms with Crippen LogP contribution in [0.5, 0.6) is 11.5 Å². The highest BCUT2D eigenvalue weighted by atomic mass is 79.9. The van der Waals surface area contributed by atoms with Crippen LogP contribution in [-0.2, 0) is 6.61 Å². The molecule has 1 heterocycles. The molecule has 4 rings (SSSR count). The van der Waals surface area contributed by atoms with Gasteiger partial charge in [0, 0.05) is 20.6 Å². The first kappa shape index (κ1) is 28.2. The van der Waals surface area contributed by atoms with Crippen LogP contribution in [0.4, 0.5) is 0 Å². The molecule has 0 bridgehead atoms. The molecular weight excluding hydrogens is 615 g/mol. The van der Waals surface area contributed by atoms with Crippen LogP contribution in [0, 0.1) is 17.0 Å². The Balaban J connectivity index is 1.65. The monoisotopic (exact) mass is 636 g/mol. The van der Waals surface area contributed by atoms with E-state index < -0.39 is 5.25 Å². The summed E-state index contributed by atoms with van der Waals surface area (Å²) >= 11 is 16.9. The smallest absolute Gasteiger partial charge is 0.220 e. The second kappa shape index (κ2) is 12.8. The molecule has 0 saturated heterocycles. The molecule has 3 aromatic carbocycles. The number of benzene rings is 3. The first-order chi connectivity index (χ1) is 18.2. The normalized spacial score (nSPS) is 11.8. The Morgan fingerprint density at radius 2 is 1.82 bits per heavy atom. The molecule has 0 aliphatic rings. The summed E-state index contributed by atoms with van der Waals surface area (Å²) in [6.45, 7) is 4.19. The molecule has 1 atom stereocenters. The van der Waals surface area contributed by atoms with Crippen molar-refractivity contribution in [1.29, 1.82) is 0 Å². The average molecular weight is 638 g/mol. The van der Waals surface area contributed by atoms with Crippen LogP contribution in [0.1, 0.15) is 29.1 Å². The second-order valence-electron chi connectivity index (χ2n) is 8.13. The molecule has 0 amide bonds. The molecule has 0 aliphatic carbocycles. The summed E-state index contributed by atoms with van der Waals surface area (Å²) in [5.74, 6) is 1.92. The average Bonchev–Trinajstić information content (AvgIpc) is 3.25. The lowest BCUT2D eigenvalue weighted by molar-refractivity contribution is -0.479. The Bertz CT molecular complexity index is 1440. The van der Waals surface area contributed by atoms with Gasteiger partial charge in [-0.15, -0.1) is 10.2 Å². The first-order valence-electron chi connectivity index (χ1n) is 11.5. The third kappa shape index (κ3) is 6.99. The van der Waals surface area contributed by atoms with E-state index in [1.165, 1.54) is 11.8 Å². The quantitative estimate of drug-likeness (QED) is 0.0943. The molecular formula is C26H23BrCl2N4O4S. The summed E-state index contributed by atoms with van der Waals surface area (Å²) in [7, 11) is 0. The van der Waals surface area contributed by atoms with Crippen molar-refractivity contribution in [2.24, 2.45) is 0 Å². The molecule has 12 heteroatoms. The highest BCUT2D eigenvalue weighted by Gasteiger charge is 2.27. The highest BCUT2D eigenvalue weighted by molar-refractivity contribution is 9.10. The van der Waals surface area contributed by atoms with E-state index in [1.807, 2.05) is 60.9 Å². The van der Waals surface area contributed by atoms with Gasteiger partial charge in [0.25, 0.3) is 0 Å². The maximum absolute atomic E-state index is 11.7. The summed E-state index contributed by atoms with van der Waals surface area (Å²) in [5.41, 5.74) is 2.29. The molecule has 0 radical (unpaired) electrons. The molecule has 0 unspecified atom stereocenters. The summed E-state index contributed by atoms with van der Waals surface area (Å²) in [5, 5.41) is 21.1. The van der Waals surface area contributed by atoms with Gasteiger partial charge < -0.3 is 9.47 Å². The zero-order chi connectivity index (χ0) is 27.2. The summed E-state index contributed by atoms with van der Waals surface area (Å²) in [4.78, 5) is 11.4. The van der Waals surface area contributed by atoms with Crippen molar-refractivity contribution >= 4 is 50.9 Å². The predicted octanol–water partition coefficient (Wildman–Crippen LogP) is 7.73. The van der Waals surface area contributed by atoms with Gasteiger partial charge >= 0.3 is 0 Å². The van der Waals surface area contributed by atoms with Crippen LogP contribution in [0.15, 0.2) is 70.3 Å². The fourth-order valence-electron chi connectivity index (χ4n) is 3.73. The molecule has 0 spiro atoms. The maximum Gasteiger partial charge on any atom is 0.220 e. The zero-order valence-electron chi connectivity index (χ0n) is 20.4. The molecule has 8 nitrogen and oxygen atoms in total. The molecule has 198 valence electrons. The number of aryl methyl sites for hydroxylation is 1. The largest absolute Gasteiger partial charge is 0.494 e. The Labute approximate surface area is 242 Å². The number of aromatic nitrogens is 3. The molecule has 0 saturated carbocycles. The Morgan fingerprint density at radius 3 is 2.50 bits per heavy atom. The lowest BCUT2D eigenvalue weighted by Crippen LogP contribution is -2.13. The maximum atomic E-state index is 11.7. The highest BCUT2D eigenvalue weighted by Crippen LogP contribution is 2.41. The van der Waals surface area contributed by atoms with Crippen LogP contribution in [0.2, 0.25) is 10.0 Å². The van der Waals surface area contributed by atoms with E-state index in [1.54, 1.807) is 18.2 Å². The van der Waals surface area contributed by atoms with E-state index >= 15 is 0 Å². The lowest BCUT2D eigenvalue weighted by atomic mass is 10.1. The lowest BCUT2D eigenvalue weighted by Gasteiger charge is -2.18. The van der Waals surface area contributed by atoms with Crippen LogP contribution in [0.25, 0.3) is 5.69 Å². The second-order valence-corrected chi connectivity index (χ2v) is 11.0. The zero-order valence-corrected chi connectivity index (χ0v) is 24.4. The van der Waals surface area contributed by atoms with Crippen molar-refractivity contribution in [3.63, 3.8) is 0 Å². The Morgan fingerprint density at radius 1 is 1.05 bits per heavy atom. The van der Waals surface area contributed by atoms with Crippen molar-refractivity contribution in [2.45, 2.75) is 30.9 Å². The summed E-state index contributed by atoms with van der Waals surface area (Å²) < 4.78 is 14.3. The molecule has 0 N–H and O–H groups in total. The van der Waals surface area contributed by atoms with E-state index in [4.69, 9.17) is 32.7 Å². The van der Waals surface area contributed by atoms with Crippen LogP contribution >= 0.6 is 50.9 Å². The van der Waals surface area contributed by atoms with Gasteiger partial charge in [-0.05, 0) is 74.0 Å². The minimum atomic E-state index is -0.614. The number of nitrogens with zero attached hydrogens (tertiary/aromatic N) is 4. The van der Waals surface area contributed by atoms with E-state index in [9.17, 15) is 10.1 Å². The fraction of sp³-hybridized carbons (Fsp3) is 0.231. The molecule has 1 aromatic heterocycles. The third-order valence-electron chi connectivity index (χ3n) is 5.46. The van der Waals surface area contributed by atoms with Crippen molar-refractivity contribution in [3.05, 3.63) is 102 Å². The van der Waals surface area contributed by atoms with E-state index in [-0.39, 0.29) is 18.1 Å². The number of hydrogen-bond acceptors (Lipinski definition) is 7. The standard InChI is InChI=1S/C26H23BrCl2N4O4S/c1-3-36-20-8-6-19(7-9-20)33-16(2)30-31-26(33)38-25(14-32(34)35)21-13-18(27)5-11-24(21)37-15-17-4-10-22(28)23(29)12-17/h4-13,25H,3,14-15H2,1-2H3/t25-/m0/s1. The van der Waals surface area contributed by atoms with Gasteiger partial charge in [0.05, 0.1) is 16.7 Å². The fourth-order valence-corrected chi connectivity index (χ4v) is 5.62. The molecule has 38 heavy (non-hydrogen) atoms. The van der Waals surface area contributed by atoms with Gasteiger partial charge in [-0.25, -0.2) is 0 Å². The number of thioether (sulfide) groups is 1. The van der Waals surface area contributed by atoms with Crippen LogP contribution in [0.3, 0.4) is 0 Å². The Hall–Kier alpha value is -2.79. The Kier molecular flexibility index (Phi) is 9.54. The van der Waals surface area contributed by atoms with Crippen molar-refractivity contribution in [1.82, 2.24) is 14.8 Å². The van der Waals surface area contributed by atoms with Crippen molar-refractivity contribution in [3.8, 4) is 17.2 Å². The number of rotatable bonds is 11. The van der Waals surface area contributed by atoms with E-state index in [0.717, 1.165) is 21.5 Å². The van der Waals surface area contributed by atoms with Gasteiger partial charge in [0.2, 0.25) is 6.54 Å². The van der Waals surface area contributed by atoms with Gasteiger partial charge in [-0.1, -0.05) is 57.0 Å². The SMILES string of the molecule is CCOc1ccc(-n2c(C)nnc2S[C@@H](C[N+](=O)[O-])c2cc(Br)ccc2OCc2ccc(Cl)c(Cl)c2)cc1. The van der Waals surface area contributed by atoms with Crippen LogP contribution in [-0.4, -0.2) is 32.8 Å². The van der Waals surface area contributed by atoms with E-state index in [2.05, 4.69) is 26.1 Å². The summed E-state index contributed by atoms with van der Waals surface area (Å²) in [6, 6.07) is 18.2. The topological polar surface area (TPSA) is 92.3 Å². The van der Waals surface area contributed by atoms with Crippen molar-refractivity contribution < 1.29 is 14.4 Å². The minimum absolute atomic E-state index is 0.211. The number of halogens is 3. The predicted molar refractivity (Wildman–Crippen MR) is 153 cm³/mol. The summed E-state index contributed by atoms with van der Waals surface area (Å²) in [6.07, 6.45) is 0. The molecule has 4 aromatic rings. The number of ether oxygens (including phenoxy) is 2. The van der Waals surface area contributed by atoms with E-state index in [0.29, 0.717) is 38.9 Å². The minimum Gasteiger partial charge on any atom is -0.494 e. The number of hydrogen-bond donors (Lipinski definition) is 0. The first-order valence-corrected chi connectivity index (χ1v) is 14.0. The molecule has 0 fully saturated rings. The third-order valence-corrected chi connectivity index (χ3v) is 7.86.